The van der Waals surface area contributed by atoms with E-state index in [1.54, 1.807) is 0 Å². The van der Waals surface area contributed by atoms with Gasteiger partial charge in [-0.1, -0.05) is 33.1 Å². The molecule has 2 nitrogen and oxygen atoms in total. The summed E-state index contributed by atoms with van der Waals surface area (Å²) in [5.41, 5.74) is 0. The molecule has 2 heteroatoms. The molecule has 0 spiro atoms. The fraction of sp³-hybridized carbons (Fsp3) is 1.00. The molecule has 19 heavy (non-hydrogen) atoms. The second-order valence-corrected chi connectivity index (χ2v) is 7.26. The first kappa shape index (κ1) is 15.3. The van der Waals surface area contributed by atoms with E-state index in [2.05, 4.69) is 31.1 Å². The lowest BCUT2D eigenvalue weighted by molar-refractivity contribution is 0.0556. The Morgan fingerprint density at radius 1 is 1.11 bits per heavy atom. The molecule has 3 atom stereocenters. The first-order chi connectivity index (χ1) is 9.20. The van der Waals surface area contributed by atoms with Gasteiger partial charge in [0.1, 0.15) is 0 Å². The molecule has 0 amide bonds. The highest BCUT2D eigenvalue weighted by Crippen LogP contribution is 2.34. The van der Waals surface area contributed by atoms with E-state index in [4.69, 9.17) is 0 Å². The molecule has 1 N–H and O–H groups in total. The molecule has 0 aromatic rings. The van der Waals surface area contributed by atoms with Crippen molar-refractivity contribution in [2.24, 2.45) is 11.8 Å². The molecular weight excluding hydrogens is 232 g/mol. The summed E-state index contributed by atoms with van der Waals surface area (Å²) in [5.74, 6) is 1.87. The lowest BCUT2D eigenvalue weighted by Gasteiger charge is -2.44. The summed E-state index contributed by atoms with van der Waals surface area (Å²) in [6.45, 7) is 7.30. The monoisotopic (exact) mass is 266 g/mol. The van der Waals surface area contributed by atoms with Crippen LogP contribution >= 0.6 is 0 Å². The average Bonchev–Trinajstić information content (AvgIpc) is 2.39. The van der Waals surface area contributed by atoms with Gasteiger partial charge in [0.25, 0.3) is 0 Å². The summed E-state index contributed by atoms with van der Waals surface area (Å²) in [7, 11) is 2.11. The van der Waals surface area contributed by atoms with Crippen LogP contribution in [-0.2, 0) is 0 Å². The van der Waals surface area contributed by atoms with Crippen LogP contribution in [0, 0.1) is 11.8 Å². The van der Waals surface area contributed by atoms with E-state index in [9.17, 15) is 0 Å². The quantitative estimate of drug-likeness (QED) is 0.817. The SMILES string of the molecule is CNCC1CCCCN1C1CCCC(CC(C)C)C1. The van der Waals surface area contributed by atoms with Crippen molar-refractivity contribution >= 4 is 0 Å². The van der Waals surface area contributed by atoms with Crippen molar-refractivity contribution in [1.82, 2.24) is 10.2 Å². The molecule has 1 aliphatic carbocycles. The zero-order valence-electron chi connectivity index (χ0n) is 13.3. The minimum atomic E-state index is 0.807. The molecule has 0 aromatic heterocycles. The number of rotatable bonds is 5. The highest BCUT2D eigenvalue weighted by molar-refractivity contribution is 4.87. The van der Waals surface area contributed by atoms with E-state index < -0.39 is 0 Å². The van der Waals surface area contributed by atoms with Gasteiger partial charge in [0, 0.05) is 18.6 Å². The number of hydrogen-bond acceptors (Lipinski definition) is 2. The molecule has 0 bridgehead atoms. The molecule has 1 heterocycles. The van der Waals surface area contributed by atoms with Crippen molar-refractivity contribution in [2.45, 2.75) is 77.3 Å². The largest absolute Gasteiger partial charge is 0.318 e. The zero-order valence-corrected chi connectivity index (χ0v) is 13.3. The number of nitrogens with one attached hydrogen (secondary N) is 1. The Morgan fingerprint density at radius 2 is 1.95 bits per heavy atom. The summed E-state index contributed by atoms with van der Waals surface area (Å²) >= 11 is 0. The molecule has 1 saturated carbocycles. The van der Waals surface area contributed by atoms with Crippen LogP contribution in [0.25, 0.3) is 0 Å². The van der Waals surface area contributed by atoms with E-state index in [0.29, 0.717) is 0 Å². The molecule has 112 valence electrons. The minimum Gasteiger partial charge on any atom is -0.318 e. The van der Waals surface area contributed by atoms with Crippen LogP contribution in [0.15, 0.2) is 0 Å². The number of likely N-dealkylation sites (tertiary alicyclic amines) is 1. The zero-order chi connectivity index (χ0) is 13.7. The molecule has 1 saturated heterocycles. The standard InChI is InChI=1S/C17H34N2/c1-14(2)11-15-7-6-9-16(12-15)19-10-5-4-8-17(19)13-18-3/h14-18H,4-13H2,1-3H3. The second-order valence-electron chi connectivity index (χ2n) is 7.26. The van der Waals surface area contributed by atoms with E-state index >= 15 is 0 Å². The smallest absolute Gasteiger partial charge is 0.0223 e. The number of piperidine rings is 1. The molecule has 1 aliphatic heterocycles. The molecule has 0 radical (unpaired) electrons. The maximum Gasteiger partial charge on any atom is 0.0223 e. The molecule has 2 rings (SSSR count). The normalized spacial score (nSPS) is 33.8. The predicted molar refractivity (Wildman–Crippen MR) is 83.5 cm³/mol. The van der Waals surface area contributed by atoms with Crippen molar-refractivity contribution in [3.63, 3.8) is 0 Å². The summed E-state index contributed by atoms with van der Waals surface area (Å²) in [4.78, 5) is 2.87. The van der Waals surface area contributed by atoms with Crippen molar-refractivity contribution in [3.8, 4) is 0 Å². The maximum absolute atomic E-state index is 3.41. The van der Waals surface area contributed by atoms with Crippen LogP contribution in [-0.4, -0.2) is 37.1 Å². The second kappa shape index (κ2) is 7.64. The highest BCUT2D eigenvalue weighted by atomic mass is 15.2. The van der Waals surface area contributed by atoms with Crippen molar-refractivity contribution in [3.05, 3.63) is 0 Å². The highest BCUT2D eigenvalue weighted by Gasteiger charge is 2.32. The fourth-order valence-electron chi connectivity index (χ4n) is 4.40. The van der Waals surface area contributed by atoms with Crippen LogP contribution in [0.1, 0.15) is 65.2 Å². The Kier molecular flexibility index (Phi) is 6.15. The van der Waals surface area contributed by atoms with Crippen molar-refractivity contribution in [2.75, 3.05) is 20.1 Å². The summed E-state index contributed by atoms with van der Waals surface area (Å²) in [6.07, 6.45) is 11.6. The maximum atomic E-state index is 3.41. The third-order valence-corrected chi connectivity index (χ3v) is 5.14. The number of likely N-dealkylation sites (N-methyl/N-ethyl adjacent to an activating group) is 1. The van der Waals surface area contributed by atoms with Gasteiger partial charge >= 0.3 is 0 Å². The Bertz CT molecular complexity index is 250. The third-order valence-electron chi connectivity index (χ3n) is 5.14. The first-order valence-electron chi connectivity index (χ1n) is 8.61. The summed E-state index contributed by atoms with van der Waals surface area (Å²) in [6, 6.07) is 1.69. The van der Waals surface area contributed by atoms with Crippen LogP contribution in [0.4, 0.5) is 0 Å². The molecule has 3 unspecified atom stereocenters. The van der Waals surface area contributed by atoms with Gasteiger partial charge in [-0.05, 0) is 57.5 Å². The van der Waals surface area contributed by atoms with Gasteiger partial charge in [0.15, 0.2) is 0 Å². The van der Waals surface area contributed by atoms with Gasteiger partial charge in [-0.3, -0.25) is 4.90 Å². The molecule has 2 fully saturated rings. The first-order valence-corrected chi connectivity index (χ1v) is 8.61. The lowest BCUT2D eigenvalue weighted by atomic mass is 9.79. The van der Waals surface area contributed by atoms with Crippen molar-refractivity contribution in [1.29, 1.82) is 0 Å². The fourth-order valence-corrected chi connectivity index (χ4v) is 4.40. The number of hydrogen-bond donors (Lipinski definition) is 1. The van der Waals surface area contributed by atoms with Crippen LogP contribution in [0.3, 0.4) is 0 Å². The molecular formula is C17H34N2. The Balaban J connectivity index is 1.90. The van der Waals surface area contributed by atoms with E-state index in [1.807, 2.05) is 0 Å². The van der Waals surface area contributed by atoms with Crippen LogP contribution in [0.5, 0.6) is 0 Å². The summed E-state index contributed by atoms with van der Waals surface area (Å²) in [5, 5.41) is 3.41. The lowest BCUT2D eigenvalue weighted by Crippen LogP contribution is -2.51. The Hall–Kier alpha value is -0.0800. The summed E-state index contributed by atoms with van der Waals surface area (Å²) < 4.78 is 0. The van der Waals surface area contributed by atoms with Gasteiger partial charge in [-0.15, -0.1) is 0 Å². The third kappa shape index (κ3) is 4.46. The van der Waals surface area contributed by atoms with Crippen LogP contribution < -0.4 is 5.32 Å². The van der Waals surface area contributed by atoms with Crippen LogP contribution in [0.2, 0.25) is 0 Å². The minimum absolute atomic E-state index is 0.807. The molecule has 2 aliphatic rings. The van der Waals surface area contributed by atoms with Gasteiger partial charge < -0.3 is 5.32 Å². The van der Waals surface area contributed by atoms with Gasteiger partial charge in [-0.2, -0.15) is 0 Å². The number of nitrogens with zero attached hydrogens (tertiary/aromatic N) is 1. The van der Waals surface area contributed by atoms with E-state index in [0.717, 1.165) is 23.9 Å². The Morgan fingerprint density at radius 3 is 2.68 bits per heavy atom. The van der Waals surface area contributed by atoms with Gasteiger partial charge in [0.05, 0.1) is 0 Å². The topological polar surface area (TPSA) is 15.3 Å². The predicted octanol–water partition coefficient (Wildman–Crippen LogP) is 3.67. The van der Waals surface area contributed by atoms with E-state index in [-0.39, 0.29) is 0 Å². The van der Waals surface area contributed by atoms with Gasteiger partial charge in [0.2, 0.25) is 0 Å². The van der Waals surface area contributed by atoms with Crippen molar-refractivity contribution < 1.29 is 0 Å². The van der Waals surface area contributed by atoms with E-state index in [1.165, 1.54) is 64.5 Å². The molecule has 0 aromatic carbocycles. The Labute approximate surface area is 120 Å². The van der Waals surface area contributed by atoms with Gasteiger partial charge in [-0.25, -0.2) is 0 Å². The average molecular weight is 266 g/mol.